The lowest BCUT2D eigenvalue weighted by Crippen LogP contribution is -2.32. The topological polar surface area (TPSA) is 89.5 Å². The first-order chi connectivity index (χ1) is 16.3. The number of amides is 1. The zero-order chi connectivity index (χ0) is 24.3. The van der Waals surface area contributed by atoms with Gasteiger partial charge in [0, 0.05) is 17.6 Å². The number of nitrogens with zero attached hydrogens (tertiary/aromatic N) is 3. The monoisotopic (exact) mass is 515 g/mol. The van der Waals surface area contributed by atoms with Crippen LogP contribution in [0, 0.1) is 6.92 Å². The van der Waals surface area contributed by atoms with Crippen LogP contribution in [0.4, 0.5) is 5.13 Å². The van der Waals surface area contributed by atoms with Gasteiger partial charge in [-0.25, -0.2) is 13.4 Å². The lowest BCUT2D eigenvalue weighted by atomic mass is 10.2. The van der Waals surface area contributed by atoms with Crippen molar-refractivity contribution in [3.05, 3.63) is 77.1 Å². The number of aromatic nitrogens is 2. The van der Waals surface area contributed by atoms with Gasteiger partial charge in [0.25, 0.3) is 0 Å². The number of thiazole rings is 1. The van der Waals surface area contributed by atoms with Gasteiger partial charge in [0.05, 0.1) is 34.7 Å². The van der Waals surface area contributed by atoms with Crippen LogP contribution < -0.4 is 9.64 Å². The third kappa shape index (κ3) is 5.22. The van der Waals surface area contributed by atoms with Crippen molar-refractivity contribution in [3.8, 4) is 5.75 Å². The number of carbonyl (C=O) groups is 1. The third-order valence-electron chi connectivity index (χ3n) is 5.25. The largest absolute Gasteiger partial charge is 0.494 e. The summed E-state index contributed by atoms with van der Waals surface area (Å²) in [7, 11) is -2.09. The number of halogens is 1. The first-order valence-electron chi connectivity index (χ1n) is 10.4. The number of methoxy groups -OCH3 is 1. The fourth-order valence-electron chi connectivity index (χ4n) is 3.41. The van der Waals surface area contributed by atoms with Gasteiger partial charge in [0.1, 0.15) is 11.3 Å². The van der Waals surface area contributed by atoms with Crippen molar-refractivity contribution in [1.82, 2.24) is 9.97 Å². The molecule has 4 rings (SSSR count). The summed E-state index contributed by atoms with van der Waals surface area (Å²) in [6, 6.07) is 15.1. The number of anilines is 1. The van der Waals surface area contributed by atoms with Crippen molar-refractivity contribution in [2.75, 3.05) is 17.8 Å². The second-order valence-electron chi connectivity index (χ2n) is 7.58. The van der Waals surface area contributed by atoms with Gasteiger partial charge in [-0.1, -0.05) is 35.1 Å². The Bertz CT molecular complexity index is 1420. The molecule has 10 heteroatoms. The molecule has 176 valence electrons. The maximum Gasteiger partial charge on any atom is 0.230 e. The van der Waals surface area contributed by atoms with Crippen LogP contribution in [-0.2, 0) is 21.2 Å². The van der Waals surface area contributed by atoms with E-state index in [-0.39, 0.29) is 29.5 Å². The van der Waals surface area contributed by atoms with E-state index < -0.39 is 9.84 Å². The Kier molecular flexibility index (Phi) is 7.16. The molecule has 0 saturated carbocycles. The highest BCUT2D eigenvalue weighted by molar-refractivity contribution is 7.91. The Morgan fingerprint density at radius 1 is 1.12 bits per heavy atom. The second kappa shape index (κ2) is 10.1. The molecule has 0 spiro atoms. The number of ether oxygens (including phenoxy) is 1. The number of hydrogen-bond acceptors (Lipinski definition) is 7. The zero-order valence-electron chi connectivity index (χ0n) is 18.6. The van der Waals surface area contributed by atoms with E-state index in [1.54, 1.807) is 19.4 Å². The highest BCUT2D eigenvalue weighted by atomic mass is 35.5. The maximum absolute atomic E-state index is 13.3. The smallest absolute Gasteiger partial charge is 0.230 e. The van der Waals surface area contributed by atoms with Crippen molar-refractivity contribution in [3.63, 3.8) is 0 Å². The minimum Gasteiger partial charge on any atom is -0.494 e. The summed E-state index contributed by atoms with van der Waals surface area (Å²) in [6.45, 7) is 2.13. The number of carbonyl (C=O) groups excluding carboxylic acids is 1. The molecule has 0 N–H and O–H groups in total. The van der Waals surface area contributed by atoms with Crippen LogP contribution in [0.2, 0.25) is 5.02 Å². The minimum atomic E-state index is -3.66. The minimum absolute atomic E-state index is 0.126. The standard InChI is InChI=1S/C24H22ClN3O4S2/c1-16-6-11-20(32-2)22-23(16)33-24(27-22)28(15-18-5-3-4-13-26-18)21(29)12-14-34(30,31)19-9-7-17(25)8-10-19/h3-11,13H,12,14-15H2,1-2H3. The first-order valence-corrected chi connectivity index (χ1v) is 13.3. The van der Waals surface area contributed by atoms with Crippen molar-refractivity contribution >= 4 is 54.0 Å². The average Bonchev–Trinajstić information content (AvgIpc) is 3.28. The second-order valence-corrected chi connectivity index (χ2v) is 11.1. The van der Waals surface area contributed by atoms with E-state index in [0.29, 0.717) is 27.1 Å². The lowest BCUT2D eigenvalue weighted by molar-refractivity contribution is -0.118. The van der Waals surface area contributed by atoms with E-state index in [4.69, 9.17) is 16.3 Å². The van der Waals surface area contributed by atoms with Crippen LogP contribution in [0.15, 0.2) is 65.7 Å². The first kappa shape index (κ1) is 24.1. The SMILES string of the molecule is COc1ccc(C)c2sc(N(Cc3ccccn3)C(=O)CCS(=O)(=O)c3ccc(Cl)cc3)nc12. The molecule has 2 heterocycles. The molecule has 0 radical (unpaired) electrons. The number of rotatable bonds is 8. The molecule has 4 aromatic rings. The molecule has 0 saturated heterocycles. The molecule has 0 aliphatic heterocycles. The predicted molar refractivity (Wildman–Crippen MR) is 134 cm³/mol. The molecular formula is C24H22ClN3O4S2. The van der Waals surface area contributed by atoms with Gasteiger partial charge in [-0.15, -0.1) is 0 Å². The molecule has 0 atom stereocenters. The van der Waals surface area contributed by atoms with E-state index >= 15 is 0 Å². The van der Waals surface area contributed by atoms with E-state index in [1.165, 1.54) is 40.5 Å². The quantitative estimate of drug-likeness (QED) is 0.326. The normalized spacial score (nSPS) is 11.5. The fraction of sp³-hybridized carbons (Fsp3) is 0.208. The lowest BCUT2D eigenvalue weighted by Gasteiger charge is -2.19. The van der Waals surface area contributed by atoms with Gasteiger partial charge in [-0.05, 0) is 55.0 Å². The van der Waals surface area contributed by atoms with Crippen LogP contribution >= 0.6 is 22.9 Å². The van der Waals surface area contributed by atoms with Gasteiger partial charge >= 0.3 is 0 Å². The Labute approximate surface area is 206 Å². The molecule has 2 aromatic carbocycles. The summed E-state index contributed by atoms with van der Waals surface area (Å²) >= 11 is 7.23. The molecule has 0 aliphatic carbocycles. The Morgan fingerprint density at radius 3 is 2.56 bits per heavy atom. The highest BCUT2D eigenvalue weighted by Crippen LogP contribution is 2.37. The van der Waals surface area contributed by atoms with Crippen LogP contribution in [-0.4, -0.2) is 37.2 Å². The number of aryl methyl sites for hydroxylation is 1. The molecule has 1 amide bonds. The highest BCUT2D eigenvalue weighted by Gasteiger charge is 2.25. The maximum atomic E-state index is 13.3. The fourth-order valence-corrected chi connectivity index (χ4v) is 5.83. The number of sulfone groups is 1. The van der Waals surface area contributed by atoms with E-state index in [9.17, 15) is 13.2 Å². The molecule has 0 aliphatic rings. The van der Waals surface area contributed by atoms with Gasteiger partial charge in [-0.2, -0.15) is 0 Å². The summed E-state index contributed by atoms with van der Waals surface area (Å²) in [5.74, 6) is -0.0862. The van der Waals surface area contributed by atoms with Gasteiger partial charge in [-0.3, -0.25) is 14.7 Å². The summed E-state index contributed by atoms with van der Waals surface area (Å²) in [5, 5.41) is 0.903. The molecule has 2 aromatic heterocycles. The van der Waals surface area contributed by atoms with Crippen molar-refractivity contribution in [1.29, 1.82) is 0 Å². The Balaban J connectivity index is 1.65. The average molecular weight is 516 g/mol. The number of pyridine rings is 1. The molecule has 34 heavy (non-hydrogen) atoms. The van der Waals surface area contributed by atoms with E-state index in [2.05, 4.69) is 9.97 Å². The Morgan fingerprint density at radius 2 is 1.88 bits per heavy atom. The van der Waals surface area contributed by atoms with Crippen LogP contribution in [0.5, 0.6) is 5.75 Å². The number of benzene rings is 2. The van der Waals surface area contributed by atoms with Crippen LogP contribution in [0.1, 0.15) is 17.7 Å². The van der Waals surface area contributed by atoms with E-state index in [0.717, 1.165) is 10.3 Å². The summed E-state index contributed by atoms with van der Waals surface area (Å²) in [4.78, 5) is 24.0. The van der Waals surface area contributed by atoms with Gasteiger partial charge in [0.15, 0.2) is 15.0 Å². The van der Waals surface area contributed by atoms with Crippen LogP contribution in [0.25, 0.3) is 10.2 Å². The van der Waals surface area contributed by atoms with Crippen molar-refractivity contribution < 1.29 is 17.9 Å². The summed E-state index contributed by atoms with van der Waals surface area (Å²) in [6.07, 6.45) is 1.44. The van der Waals surface area contributed by atoms with Crippen molar-refractivity contribution in [2.24, 2.45) is 0 Å². The number of fused-ring (bicyclic) bond motifs is 1. The van der Waals surface area contributed by atoms with E-state index in [1.807, 2.05) is 31.2 Å². The van der Waals surface area contributed by atoms with Gasteiger partial charge in [0.2, 0.25) is 5.91 Å². The zero-order valence-corrected chi connectivity index (χ0v) is 21.0. The predicted octanol–water partition coefficient (Wildman–Crippen LogP) is 5.06. The summed E-state index contributed by atoms with van der Waals surface area (Å²) < 4.78 is 31.9. The van der Waals surface area contributed by atoms with Crippen LogP contribution in [0.3, 0.4) is 0 Å². The molecular weight excluding hydrogens is 494 g/mol. The third-order valence-corrected chi connectivity index (χ3v) is 8.45. The molecule has 7 nitrogen and oxygen atoms in total. The van der Waals surface area contributed by atoms with Gasteiger partial charge < -0.3 is 4.74 Å². The molecule has 0 bridgehead atoms. The summed E-state index contributed by atoms with van der Waals surface area (Å²) in [5.41, 5.74) is 2.34. The number of hydrogen-bond donors (Lipinski definition) is 0. The molecule has 0 fully saturated rings. The molecule has 0 unspecified atom stereocenters. The Hall–Kier alpha value is -3.01. The van der Waals surface area contributed by atoms with Crippen molar-refractivity contribution in [2.45, 2.75) is 24.8 Å².